The standard InChI is InChI=1S/C12H12N4O2S/c1-2-18-10(17)7-19-12-15-14-11-13-8-5-3-4-6-9(8)16(11)12/h3-6H,2,7H2,1H3,(H,13,14). The first-order chi connectivity index (χ1) is 9.29. The van der Waals surface area contributed by atoms with Crippen LogP contribution in [0.15, 0.2) is 29.4 Å². The summed E-state index contributed by atoms with van der Waals surface area (Å²) < 4.78 is 6.80. The predicted molar refractivity (Wildman–Crippen MR) is 72.2 cm³/mol. The number of ether oxygens (including phenoxy) is 1. The molecular formula is C12H12N4O2S. The Morgan fingerprint density at radius 1 is 1.47 bits per heavy atom. The summed E-state index contributed by atoms with van der Waals surface area (Å²) in [4.78, 5) is 15.8. The molecule has 1 aromatic carbocycles. The monoisotopic (exact) mass is 276 g/mol. The Labute approximate surface area is 113 Å². The summed E-state index contributed by atoms with van der Waals surface area (Å²) in [5, 5.41) is 7.74. The minimum Gasteiger partial charge on any atom is -0.465 e. The summed E-state index contributed by atoms with van der Waals surface area (Å²) >= 11 is 1.33. The molecule has 3 rings (SSSR count). The molecule has 0 aliphatic carbocycles. The molecule has 0 saturated carbocycles. The van der Waals surface area contributed by atoms with E-state index in [1.165, 1.54) is 11.8 Å². The first kappa shape index (κ1) is 12.0. The van der Waals surface area contributed by atoms with E-state index in [0.717, 1.165) is 11.0 Å². The highest BCUT2D eigenvalue weighted by Gasteiger charge is 2.13. The van der Waals surface area contributed by atoms with Crippen molar-refractivity contribution in [3.05, 3.63) is 24.3 Å². The number of benzene rings is 1. The van der Waals surface area contributed by atoms with Crippen molar-refractivity contribution >= 4 is 34.5 Å². The fourth-order valence-electron chi connectivity index (χ4n) is 1.87. The largest absolute Gasteiger partial charge is 0.465 e. The lowest BCUT2D eigenvalue weighted by atomic mass is 10.3. The summed E-state index contributed by atoms with van der Waals surface area (Å²) in [5.41, 5.74) is 1.87. The molecule has 6 nitrogen and oxygen atoms in total. The third-order valence-corrected chi connectivity index (χ3v) is 3.54. The predicted octanol–water partition coefficient (Wildman–Crippen LogP) is 1.87. The molecule has 2 aromatic heterocycles. The van der Waals surface area contributed by atoms with Gasteiger partial charge in [0.25, 0.3) is 0 Å². The van der Waals surface area contributed by atoms with E-state index >= 15 is 0 Å². The molecule has 1 N–H and O–H groups in total. The van der Waals surface area contributed by atoms with Crippen LogP contribution in [0.25, 0.3) is 16.8 Å². The first-order valence-electron chi connectivity index (χ1n) is 5.89. The van der Waals surface area contributed by atoms with Gasteiger partial charge in [-0.2, -0.15) is 0 Å². The molecule has 0 atom stereocenters. The van der Waals surface area contributed by atoms with Gasteiger partial charge in [0.05, 0.1) is 23.4 Å². The van der Waals surface area contributed by atoms with Crippen molar-refractivity contribution in [3.8, 4) is 0 Å². The van der Waals surface area contributed by atoms with Crippen LogP contribution < -0.4 is 0 Å². The number of para-hydroxylation sites is 2. The fraction of sp³-hybridized carbons (Fsp3) is 0.250. The number of nitrogens with zero attached hydrogens (tertiary/aromatic N) is 3. The maximum Gasteiger partial charge on any atom is 0.316 e. The topological polar surface area (TPSA) is 72.3 Å². The zero-order chi connectivity index (χ0) is 13.2. The molecule has 0 bridgehead atoms. The smallest absolute Gasteiger partial charge is 0.316 e. The van der Waals surface area contributed by atoms with E-state index < -0.39 is 0 Å². The van der Waals surface area contributed by atoms with Crippen LogP contribution in [-0.4, -0.2) is 37.9 Å². The van der Waals surface area contributed by atoms with Gasteiger partial charge in [-0.3, -0.25) is 9.20 Å². The Bertz CT molecular complexity index is 734. The molecule has 98 valence electrons. The molecule has 0 amide bonds. The van der Waals surface area contributed by atoms with Crippen LogP contribution in [0.1, 0.15) is 6.92 Å². The van der Waals surface area contributed by atoms with Gasteiger partial charge in [-0.1, -0.05) is 23.9 Å². The molecule has 0 unspecified atom stereocenters. The van der Waals surface area contributed by atoms with E-state index in [1.807, 2.05) is 28.7 Å². The zero-order valence-corrected chi connectivity index (χ0v) is 11.1. The second-order valence-electron chi connectivity index (χ2n) is 3.86. The SMILES string of the molecule is CCOC(=O)CSc1n[nH]c2nc3ccccc3n12. The molecule has 0 saturated heterocycles. The number of hydrogen-bond donors (Lipinski definition) is 1. The number of imidazole rings is 1. The van der Waals surface area contributed by atoms with Crippen LogP contribution in [-0.2, 0) is 9.53 Å². The van der Waals surface area contributed by atoms with Gasteiger partial charge in [0.1, 0.15) is 0 Å². The molecule has 0 fully saturated rings. The van der Waals surface area contributed by atoms with E-state index in [1.54, 1.807) is 6.92 Å². The molecule has 7 heteroatoms. The van der Waals surface area contributed by atoms with Crippen molar-refractivity contribution in [2.45, 2.75) is 12.1 Å². The number of fused-ring (bicyclic) bond motifs is 3. The number of thioether (sulfide) groups is 1. The third kappa shape index (κ3) is 2.17. The van der Waals surface area contributed by atoms with Gasteiger partial charge in [0.15, 0.2) is 5.16 Å². The van der Waals surface area contributed by atoms with Crippen molar-refractivity contribution in [1.29, 1.82) is 0 Å². The van der Waals surface area contributed by atoms with Crippen LogP contribution in [0, 0.1) is 0 Å². The lowest BCUT2D eigenvalue weighted by Crippen LogP contribution is -2.06. The van der Waals surface area contributed by atoms with Crippen molar-refractivity contribution in [2.75, 3.05) is 12.4 Å². The molecule has 0 spiro atoms. The Morgan fingerprint density at radius 2 is 2.32 bits per heavy atom. The van der Waals surface area contributed by atoms with Crippen LogP contribution >= 0.6 is 11.8 Å². The summed E-state index contributed by atoms with van der Waals surface area (Å²) in [6, 6.07) is 7.80. The summed E-state index contributed by atoms with van der Waals surface area (Å²) in [5.74, 6) is 0.668. The average molecular weight is 276 g/mol. The van der Waals surface area contributed by atoms with Gasteiger partial charge in [-0.05, 0) is 19.1 Å². The van der Waals surface area contributed by atoms with Crippen LogP contribution in [0.4, 0.5) is 0 Å². The number of H-pyrrole nitrogens is 1. The van der Waals surface area contributed by atoms with Gasteiger partial charge in [0.2, 0.25) is 5.78 Å². The number of rotatable bonds is 4. The Morgan fingerprint density at radius 3 is 3.16 bits per heavy atom. The minimum absolute atomic E-state index is 0.236. The average Bonchev–Trinajstić information content (AvgIpc) is 2.95. The second-order valence-corrected chi connectivity index (χ2v) is 4.80. The number of aromatic nitrogens is 4. The van der Waals surface area contributed by atoms with Gasteiger partial charge >= 0.3 is 5.97 Å². The highest BCUT2D eigenvalue weighted by molar-refractivity contribution is 7.99. The normalized spacial score (nSPS) is 11.2. The van der Waals surface area contributed by atoms with Crippen molar-refractivity contribution in [2.24, 2.45) is 0 Å². The van der Waals surface area contributed by atoms with Gasteiger partial charge in [-0.15, -0.1) is 5.10 Å². The summed E-state index contributed by atoms with van der Waals surface area (Å²) in [6.45, 7) is 2.18. The van der Waals surface area contributed by atoms with Crippen molar-refractivity contribution < 1.29 is 9.53 Å². The number of aromatic amines is 1. The second kappa shape index (κ2) is 4.93. The molecule has 19 heavy (non-hydrogen) atoms. The van der Waals surface area contributed by atoms with E-state index in [-0.39, 0.29) is 11.7 Å². The number of carbonyl (C=O) groups excluding carboxylic acids is 1. The van der Waals surface area contributed by atoms with Crippen LogP contribution in [0.3, 0.4) is 0 Å². The van der Waals surface area contributed by atoms with E-state index in [4.69, 9.17) is 4.74 Å². The van der Waals surface area contributed by atoms with Crippen molar-refractivity contribution in [3.63, 3.8) is 0 Å². The van der Waals surface area contributed by atoms with Crippen LogP contribution in [0.5, 0.6) is 0 Å². The highest BCUT2D eigenvalue weighted by Crippen LogP contribution is 2.22. The molecule has 0 radical (unpaired) electrons. The number of nitrogens with one attached hydrogen (secondary N) is 1. The highest BCUT2D eigenvalue weighted by atomic mass is 32.2. The fourth-order valence-corrected chi connectivity index (χ4v) is 2.62. The number of hydrogen-bond acceptors (Lipinski definition) is 5. The maximum atomic E-state index is 11.4. The third-order valence-electron chi connectivity index (χ3n) is 2.63. The molecule has 0 aliphatic rings. The van der Waals surface area contributed by atoms with Gasteiger partial charge in [-0.25, -0.2) is 10.1 Å². The first-order valence-corrected chi connectivity index (χ1v) is 6.88. The quantitative estimate of drug-likeness (QED) is 0.581. The molecule has 3 aromatic rings. The summed E-state index contributed by atoms with van der Waals surface area (Å²) in [7, 11) is 0. The number of carbonyl (C=O) groups is 1. The molecule has 2 heterocycles. The minimum atomic E-state index is -0.243. The Kier molecular flexibility index (Phi) is 3.12. The Hall–Kier alpha value is -2.02. The zero-order valence-electron chi connectivity index (χ0n) is 10.3. The van der Waals surface area contributed by atoms with E-state index in [2.05, 4.69) is 15.2 Å². The number of esters is 1. The van der Waals surface area contributed by atoms with E-state index in [9.17, 15) is 4.79 Å². The molecular weight excluding hydrogens is 264 g/mol. The lowest BCUT2D eigenvalue weighted by Gasteiger charge is -2.00. The summed E-state index contributed by atoms with van der Waals surface area (Å²) in [6.07, 6.45) is 0. The van der Waals surface area contributed by atoms with Gasteiger partial charge < -0.3 is 4.74 Å². The van der Waals surface area contributed by atoms with E-state index in [0.29, 0.717) is 17.5 Å². The van der Waals surface area contributed by atoms with Crippen molar-refractivity contribution in [1.82, 2.24) is 19.6 Å². The lowest BCUT2D eigenvalue weighted by molar-refractivity contribution is -0.139. The maximum absolute atomic E-state index is 11.4. The van der Waals surface area contributed by atoms with Crippen LogP contribution in [0.2, 0.25) is 0 Å². The Balaban J connectivity index is 1.93. The molecule has 0 aliphatic heterocycles. The van der Waals surface area contributed by atoms with Gasteiger partial charge in [0, 0.05) is 0 Å².